The summed E-state index contributed by atoms with van der Waals surface area (Å²) in [6, 6.07) is 9.38. The van der Waals surface area contributed by atoms with Gasteiger partial charge in [0, 0.05) is 25.7 Å². The lowest BCUT2D eigenvalue weighted by atomic mass is 10.0. The van der Waals surface area contributed by atoms with Gasteiger partial charge < -0.3 is 10.2 Å². The second-order valence-corrected chi connectivity index (χ2v) is 8.54. The maximum Gasteiger partial charge on any atom is 0.274 e. The molecular weight excluding hydrogens is 386 g/mol. The number of aromatic nitrogens is 3. The average Bonchev–Trinajstić information content (AvgIpc) is 3.15. The molecule has 1 aromatic carbocycles. The van der Waals surface area contributed by atoms with Crippen LogP contribution in [-0.4, -0.2) is 33.6 Å². The van der Waals surface area contributed by atoms with Gasteiger partial charge in [-0.25, -0.2) is 0 Å². The van der Waals surface area contributed by atoms with Gasteiger partial charge in [-0.3, -0.25) is 9.59 Å². The fourth-order valence-corrected chi connectivity index (χ4v) is 4.57. The summed E-state index contributed by atoms with van der Waals surface area (Å²) in [5, 5.41) is 8.31. The Hall–Kier alpha value is -2.74. The average molecular weight is 412 g/mol. The van der Waals surface area contributed by atoms with E-state index in [1.807, 2.05) is 12.1 Å². The third-order valence-corrected chi connectivity index (χ3v) is 6.26. The third-order valence-electron chi connectivity index (χ3n) is 5.29. The zero-order valence-electron chi connectivity index (χ0n) is 16.7. The molecule has 0 bridgehead atoms. The molecule has 4 rings (SSSR count). The Morgan fingerprint density at radius 2 is 2.03 bits per heavy atom. The summed E-state index contributed by atoms with van der Waals surface area (Å²) in [5.41, 5.74) is 2.06. The van der Waals surface area contributed by atoms with Crippen LogP contribution in [0.3, 0.4) is 0 Å². The van der Waals surface area contributed by atoms with Crippen molar-refractivity contribution in [2.45, 2.75) is 39.7 Å². The van der Waals surface area contributed by atoms with Crippen molar-refractivity contribution in [3.63, 3.8) is 0 Å². The lowest BCUT2D eigenvalue weighted by molar-refractivity contribution is 0.0943. The Kier molecular flexibility index (Phi) is 5.62. The first-order chi connectivity index (χ1) is 14.0. The smallest absolute Gasteiger partial charge is 0.274 e. The molecule has 0 saturated carbocycles. The number of hydrogen-bond donors (Lipinski definition) is 1. The number of aryl methyl sites for hydroxylation is 1. The summed E-state index contributed by atoms with van der Waals surface area (Å²) in [4.78, 5) is 31.6. The van der Waals surface area contributed by atoms with Gasteiger partial charge >= 0.3 is 0 Å². The highest BCUT2D eigenvalue weighted by molar-refractivity contribution is 7.20. The van der Waals surface area contributed by atoms with Gasteiger partial charge in [0.2, 0.25) is 10.1 Å². The Bertz CT molecular complexity index is 1070. The molecule has 1 fully saturated rings. The van der Waals surface area contributed by atoms with Crippen LogP contribution < -0.4 is 15.8 Å². The number of anilines is 1. The zero-order chi connectivity index (χ0) is 20.4. The molecule has 1 atom stereocenters. The molecule has 0 spiro atoms. The van der Waals surface area contributed by atoms with Crippen LogP contribution in [0.5, 0.6) is 0 Å². The standard InChI is InChI=1S/C21H25N5O2S/c1-3-15-6-8-16(9-7-15)12-22-19(28)17-11-18(27)23-20-26(17)24-21(29-20)25-10-4-5-14(2)13-25/h6-9,11,14H,3-5,10,12-13H2,1-2H3,(H,22,28)/t14-/m0/s1. The molecule has 29 heavy (non-hydrogen) atoms. The largest absolute Gasteiger partial charge is 0.347 e. The number of piperidine rings is 1. The quantitative estimate of drug-likeness (QED) is 0.698. The minimum atomic E-state index is -0.426. The number of fused-ring (bicyclic) bond motifs is 1. The van der Waals surface area contributed by atoms with Crippen LogP contribution in [0.25, 0.3) is 4.96 Å². The molecule has 152 valence electrons. The van der Waals surface area contributed by atoms with Crippen LogP contribution in [0.2, 0.25) is 0 Å². The number of carbonyl (C=O) groups is 1. The van der Waals surface area contributed by atoms with Gasteiger partial charge in [0.05, 0.1) is 0 Å². The lowest BCUT2D eigenvalue weighted by Gasteiger charge is -2.30. The topological polar surface area (TPSA) is 79.6 Å². The molecule has 7 nitrogen and oxygen atoms in total. The van der Waals surface area contributed by atoms with Crippen molar-refractivity contribution in [2.75, 3.05) is 18.0 Å². The molecule has 1 aliphatic rings. The van der Waals surface area contributed by atoms with Crippen LogP contribution in [-0.2, 0) is 13.0 Å². The predicted molar refractivity (Wildman–Crippen MR) is 115 cm³/mol. The van der Waals surface area contributed by atoms with Crippen molar-refractivity contribution in [1.29, 1.82) is 0 Å². The number of carbonyl (C=O) groups excluding carboxylic acids is 1. The number of nitrogens with one attached hydrogen (secondary N) is 1. The van der Waals surface area contributed by atoms with Gasteiger partial charge in [-0.05, 0) is 36.3 Å². The van der Waals surface area contributed by atoms with E-state index < -0.39 is 5.56 Å². The molecule has 3 heterocycles. The summed E-state index contributed by atoms with van der Waals surface area (Å²) in [6.45, 7) is 6.59. The second kappa shape index (κ2) is 8.32. The molecule has 8 heteroatoms. The highest BCUT2D eigenvalue weighted by Crippen LogP contribution is 2.27. The first-order valence-corrected chi connectivity index (χ1v) is 10.9. The van der Waals surface area contributed by atoms with Crippen molar-refractivity contribution in [1.82, 2.24) is 19.9 Å². The van der Waals surface area contributed by atoms with Gasteiger partial charge in [0.15, 0.2) is 0 Å². The summed E-state index contributed by atoms with van der Waals surface area (Å²) in [6.07, 6.45) is 3.31. The van der Waals surface area contributed by atoms with Crippen LogP contribution in [0.4, 0.5) is 5.13 Å². The molecule has 1 N–H and O–H groups in total. The lowest BCUT2D eigenvalue weighted by Crippen LogP contribution is -2.34. The SMILES string of the molecule is CCc1ccc(CNC(=O)c2cc(=O)nc3sc(N4CCC[C@H](C)C4)nn23)cc1. The maximum atomic E-state index is 12.8. The molecule has 1 aliphatic heterocycles. The number of hydrogen-bond acceptors (Lipinski definition) is 6. The second-order valence-electron chi connectivity index (χ2n) is 7.60. The van der Waals surface area contributed by atoms with Gasteiger partial charge in [0.25, 0.3) is 11.5 Å². The van der Waals surface area contributed by atoms with Gasteiger partial charge in [-0.1, -0.05) is 49.4 Å². The minimum absolute atomic E-state index is 0.220. The molecule has 0 radical (unpaired) electrons. The van der Waals surface area contributed by atoms with Crippen molar-refractivity contribution in [3.05, 3.63) is 57.5 Å². The number of benzene rings is 1. The van der Waals surface area contributed by atoms with Crippen molar-refractivity contribution < 1.29 is 4.79 Å². The van der Waals surface area contributed by atoms with E-state index in [-0.39, 0.29) is 11.6 Å². The van der Waals surface area contributed by atoms with Crippen LogP contribution >= 0.6 is 11.3 Å². The fourth-order valence-electron chi connectivity index (χ4n) is 3.62. The van der Waals surface area contributed by atoms with E-state index in [1.165, 1.54) is 33.9 Å². The van der Waals surface area contributed by atoms with Crippen molar-refractivity contribution in [2.24, 2.45) is 5.92 Å². The molecule has 2 aromatic heterocycles. The molecule has 1 saturated heterocycles. The third kappa shape index (κ3) is 4.32. The van der Waals surface area contributed by atoms with E-state index in [0.29, 0.717) is 17.4 Å². The van der Waals surface area contributed by atoms with Crippen molar-refractivity contribution in [3.8, 4) is 0 Å². The van der Waals surface area contributed by atoms with Crippen LogP contribution in [0, 0.1) is 5.92 Å². The Labute approximate surface area is 173 Å². The van der Waals surface area contributed by atoms with E-state index in [0.717, 1.165) is 36.6 Å². The van der Waals surface area contributed by atoms with Gasteiger partial charge in [-0.15, -0.1) is 5.10 Å². The first kappa shape index (κ1) is 19.6. The first-order valence-electron chi connectivity index (χ1n) is 10.1. The van der Waals surface area contributed by atoms with Crippen LogP contribution in [0.15, 0.2) is 35.1 Å². The number of nitrogens with zero attached hydrogens (tertiary/aromatic N) is 4. The van der Waals surface area contributed by atoms with Gasteiger partial charge in [0.1, 0.15) is 5.69 Å². The summed E-state index contributed by atoms with van der Waals surface area (Å²) >= 11 is 1.36. The maximum absolute atomic E-state index is 12.8. The van der Waals surface area contributed by atoms with Crippen LogP contribution in [0.1, 0.15) is 48.3 Å². The Balaban J connectivity index is 1.56. The number of amides is 1. The Morgan fingerprint density at radius 1 is 1.28 bits per heavy atom. The van der Waals surface area contributed by atoms with E-state index in [4.69, 9.17) is 0 Å². The molecule has 1 amide bonds. The Morgan fingerprint density at radius 3 is 2.76 bits per heavy atom. The van der Waals surface area contributed by atoms with Crippen molar-refractivity contribution >= 4 is 27.3 Å². The van der Waals surface area contributed by atoms with E-state index in [2.05, 4.69) is 46.3 Å². The minimum Gasteiger partial charge on any atom is -0.347 e. The molecule has 3 aromatic rings. The monoisotopic (exact) mass is 411 g/mol. The summed E-state index contributed by atoms with van der Waals surface area (Å²) in [5.74, 6) is 0.272. The normalized spacial score (nSPS) is 16.9. The zero-order valence-corrected chi connectivity index (χ0v) is 17.5. The highest BCUT2D eigenvalue weighted by atomic mass is 32.1. The predicted octanol–water partition coefficient (Wildman–Crippen LogP) is 2.88. The number of rotatable bonds is 5. The van der Waals surface area contributed by atoms with E-state index in [1.54, 1.807) is 0 Å². The highest BCUT2D eigenvalue weighted by Gasteiger charge is 2.22. The van der Waals surface area contributed by atoms with E-state index in [9.17, 15) is 9.59 Å². The summed E-state index contributed by atoms with van der Waals surface area (Å²) in [7, 11) is 0. The summed E-state index contributed by atoms with van der Waals surface area (Å²) < 4.78 is 1.50. The molecule has 0 aliphatic carbocycles. The molecular formula is C21H25N5O2S. The molecule has 0 unspecified atom stereocenters. The van der Waals surface area contributed by atoms with Gasteiger partial charge in [-0.2, -0.15) is 9.50 Å². The van der Waals surface area contributed by atoms with E-state index >= 15 is 0 Å². The fraction of sp³-hybridized carbons (Fsp3) is 0.429.